The average Bonchev–Trinajstić information content (AvgIpc) is 2.09. The van der Waals surface area contributed by atoms with Gasteiger partial charge in [-0.1, -0.05) is 6.58 Å². The van der Waals surface area contributed by atoms with E-state index in [0.29, 0.717) is 13.1 Å². The van der Waals surface area contributed by atoms with Crippen molar-refractivity contribution in [3.05, 3.63) is 12.7 Å². The van der Waals surface area contributed by atoms with Gasteiger partial charge in [-0.2, -0.15) is 0 Å². The molecule has 2 aliphatic heterocycles. The molecule has 2 fully saturated rings. The van der Waals surface area contributed by atoms with Crippen LogP contribution in [0.5, 0.6) is 0 Å². The Morgan fingerprint density at radius 1 is 1.17 bits per heavy atom. The summed E-state index contributed by atoms with van der Waals surface area (Å²) in [5.74, 6) is -0.0312. The van der Waals surface area contributed by atoms with Gasteiger partial charge >= 0.3 is 6.09 Å². The maximum atomic E-state index is 11.7. The molecule has 2 rings (SSSR count). The summed E-state index contributed by atoms with van der Waals surface area (Å²) in [6.07, 6.45) is 1.07. The number of carbonyl (C=O) groups excluding carboxylic acids is 2. The molecule has 5 nitrogen and oxygen atoms in total. The van der Waals surface area contributed by atoms with Gasteiger partial charge in [0.05, 0.1) is 0 Å². The van der Waals surface area contributed by atoms with Crippen molar-refractivity contribution in [3.8, 4) is 0 Å². The van der Waals surface area contributed by atoms with Crippen LogP contribution in [0, 0.1) is 5.41 Å². The Morgan fingerprint density at radius 3 is 2.11 bits per heavy atom. The normalized spacial score (nSPS) is 21.1. The molecule has 2 saturated heterocycles. The second kappa shape index (κ2) is 4.00. The van der Waals surface area contributed by atoms with E-state index in [1.165, 1.54) is 6.08 Å². The molecule has 100 valence electrons. The lowest BCUT2D eigenvalue weighted by Crippen LogP contribution is -2.73. The van der Waals surface area contributed by atoms with Gasteiger partial charge in [0.15, 0.2) is 0 Å². The number of hydrogen-bond donors (Lipinski definition) is 0. The molecule has 0 unspecified atom stereocenters. The van der Waals surface area contributed by atoms with Crippen LogP contribution in [0.1, 0.15) is 20.8 Å². The molecule has 0 aromatic carbocycles. The minimum atomic E-state index is -0.454. The fourth-order valence-electron chi connectivity index (χ4n) is 2.47. The summed E-state index contributed by atoms with van der Waals surface area (Å²) in [5, 5.41) is 0. The van der Waals surface area contributed by atoms with Gasteiger partial charge in [-0.15, -0.1) is 0 Å². The van der Waals surface area contributed by atoms with Crippen LogP contribution >= 0.6 is 0 Å². The summed E-state index contributed by atoms with van der Waals surface area (Å²) >= 11 is 0. The van der Waals surface area contributed by atoms with E-state index < -0.39 is 5.60 Å². The Morgan fingerprint density at radius 2 is 1.67 bits per heavy atom. The predicted molar refractivity (Wildman–Crippen MR) is 67.0 cm³/mol. The van der Waals surface area contributed by atoms with E-state index in [2.05, 4.69) is 6.58 Å². The Bertz CT molecular complexity index is 384. The van der Waals surface area contributed by atoms with Gasteiger partial charge in [0.1, 0.15) is 5.60 Å². The predicted octanol–water partition coefficient (Wildman–Crippen LogP) is 1.25. The van der Waals surface area contributed by atoms with Crippen LogP contribution in [-0.2, 0) is 9.53 Å². The number of ether oxygens (including phenoxy) is 1. The summed E-state index contributed by atoms with van der Waals surface area (Å²) < 4.78 is 5.29. The largest absolute Gasteiger partial charge is 0.444 e. The Balaban J connectivity index is 1.77. The third kappa shape index (κ3) is 2.35. The monoisotopic (exact) mass is 252 g/mol. The third-order valence-corrected chi connectivity index (χ3v) is 3.24. The number of carbonyl (C=O) groups is 2. The summed E-state index contributed by atoms with van der Waals surface area (Å²) in [6.45, 7) is 11.8. The number of rotatable bonds is 1. The quantitative estimate of drug-likeness (QED) is 0.660. The highest BCUT2D eigenvalue weighted by atomic mass is 16.6. The summed E-state index contributed by atoms with van der Waals surface area (Å²) in [5.41, 5.74) is -0.347. The molecule has 5 heteroatoms. The topological polar surface area (TPSA) is 49.9 Å². The molecule has 0 aromatic heterocycles. The summed E-state index contributed by atoms with van der Waals surface area (Å²) in [4.78, 5) is 26.5. The van der Waals surface area contributed by atoms with Gasteiger partial charge in [-0.3, -0.25) is 4.79 Å². The number of nitrogens with zero attached hydrogens (tertiary/aromatic N) is 2. The first-order valence-corrected chi connectivity index (χ1v) is 6.14. The van der Waals surface area contributed by atoms with E-state index in [1.807, 2.05) is 20.8 Å². The Labute approximate surface area is 107 Å². The van der Waals surface area contributed by atoms with Crippen molar-refractivity contribution in [2.24, 2.45) is 5.41 Å². The zero-order chi connectivity index (χ0) is 13.6. The van der Waals surface area contributed by atoms with E-state index in [4.69, 9.17) is 4.74 Å². The first-order chi connectivity index (χ1) is 8.25. The van der Waals surface area contributed by atoms with Crippen molar-refractivity contribution >= 4 is 12.0 Å². The van der Waals surface area contributed by atoms with Crippen molar-refractivity contribution in [1.82, 2.24) is 9.80 Å². The van der Waals surface area contributed by atoms with E-state index in [1.54, 1.807) is 9.80 Å². The standard InChI is InChI=1S/C13H20N2O3/c1-5-10(16)14-6-13(7-14)8-15(9-13)11(17)18-12(2,3)4/h5H,1,6-9H2,2-4H3. The van der Waals surface area contributed by atoms with Crippen LogP contribution < -0.4 is 0 Å². The van der Waals surface area contributed by atoms with E-state index >= 15 is 0 Å². The lowest BCUT2D eigenvalue weighted by Gasteiger charge is -2.59. The molecule has 18 heavy (non-hydrogen) atoms. The maximum absolute atomic E-state index is 11.7. The highest BCUT2D eigenvalue weighted by Crippen LogP contribution is 2.40. The molecule has 0 atom stereocenters. The molecule has 0 saturated carbocycles. The van der Waals surface area contributed by atoms with Crippen LogP contribution in [0.4, 0.5) is 4.79 Å². The first kappa shape index (κ1) is 12.9. The van der Waals surface area contributed by atoms with E-state index in [9.17, 15) is 9.59 Å². The van der Waals surface area contributed by atoms with Crippen molar-refractivity contribution in [3.63, 3.8) is 0 Å². The van der Waals surface area contributed by atoms with Crippen LogP contribution in [-0.4, -0.2) is 53.6 Å². The maximum Gasteiger partial charge on any atom is 0.410 e. The van der Waals surface area contributed by atoms with Gasteiger partial charge in [0.2, 0.25) is 5.91 Å². The van der Waals surface area contributed by atoms with Gasteiger partial charge in [-0.25, -0.2) is 4.79 Å². The SMILES string of the molecule is C=CC(=O)N1CC2(C1)CN(C(=O)OC(C)(C)C)C2. The molecule has 0 aliphatic carbocycles. The van der Waals surface area contributed by atoms with Gasteiger partial charge in [-0.05, 0) is 26.8 Å². The van der Waals surface area contributed by atoms with Crippen LogP contribution in [0.2, 0.25) is 0 Å². The van der Waals surface area contributed by atoms with Crippen molar-refractivity contribution in [1.29, 1.82) is 0 Å². The number of likely N-dealkylation sites (tertiary alicyclic amines) is 2. The molecule has 0 radical (unpaired) electrons. The zero-order valence-corrected chi connectivity index (χ0v) is 11.2. The van der Waals surface area contributed by atoms with Crippen LogP contribution in [0.25, 0.3) is 0 Å². The van der Waals surface area contributed by atoms with Gasteiger partial charge in [0, 0.05) is 31.6 Å². The summed E-state index contributed by atoms with van der Waals surface area (Å²) in [7, 11) is 0. The molecular formula is C13H20N2O3. The van der Waals surface area contributed by atoms with Crippen LogP contribution in [0.3, 0.4) is 0 Å². The van der Waals surface area contributed by atoms with Crippen molar-refractivity contribution in [2.45, 2.75) is 26.4 Å². The Hall–Kier alpha value is -1.52. The Kier molecular flexibility index (Phi) is 2.87. The molecule has 1 spiro atoms. The average molecular weight is 252 g/mol. The number of hydrogen-bond acceptors (Lipinski definition) is 3. The molecule has 0 aromatic rings. The first-order valence-electron chi connectivity index (χ1n) is 6.14. The molecular weight excluding hydrogens is 232 g/mol. The fourth-order valence-corrected chi connectivity index (χ4v) is 2.47. The van der Waals surface area contributed by atoms with Crippen molar-refractivity contribution in [2.75, 3.05) is 26.2 Å². The van der Waals surface area contributed by atoms with Crippen LogP contribution in [0.15, 0.2) is 12.7 Å². The lowest BCUT2D eigenvalue weighted by atomic mass is 9.73. The molecule has 2 aliphatic rings. The highest BCUT2D eigenvalue weighted by molar-refractivity contribution is 5.88. The lowest BCUT2D eigenvalue weighted by molar-refractivity contribution is -0.151. The second-order valence-electron chi connectivity index (χ2n) is 6.23. The van der Waals surface area contributed by atoms with Gasteiger partial charge in [0.25, 0.3) is 0 Å². The number of amides is 2. The molecule has 2 heterocycles. The van der Waals surface area contributed by atoms with Crippen molar-refractivity contribution < 1.29 is 14.3 Å². The summed E-state index contributed by atoms with van der Waals surface area (Å²) in [6, 6.07) is 0. The zero-order valence-electron chi connectivity index (χ0n) is 11.2. The van der Waals surface area contributed by atoms with E-state index in [-0.39, 0.29) is 17.4 Å². The fraction of sp³-hybridized carbons (Fsp3) is 0.692. The molecule has 0 N–H and O–H groups in total. The van der Waals surface area contributed by atoms with E-state index in [0.717, 1.165) is 13.1 Å². The minimum absolute atomic E-state index is 0.0312. The molecule has 2 amide bonds. The molecule has 0 bridgehead atoms. The minimum Gasteiger partial charge on any atom is -0.444 e. The second-order valence-corrected chi connectivity index (χ2v) is 6.23. The smallest absolute Gasteiger partial charge is 0.410 e. The third-order valence-electron chi connectivity index (χ3n) is 3.24. The highest BCUT2D eigenvalue weighted by Gasteiger charge is 2.54. The van der Waals surface area contributed by atoms with Gasteiger partial charge < -0.3 is 14.5 Å².